The zero-order valence-corrected chi connectivity index (χ0v) is 16.7. The summed E-state index contributed by atoms with van der Waals surface area (Å²) in [6, 6.07) is 11.5. The van der Waals surface area contributed by atoms with Gasteiger partial charge in [0.1, 0.15) is 12.4 Å². The minimum atomic E-state index is -1.27. The van der Waals surface area contributed by atoms with Gasteiger partial charge in [0.15, 0.2) is 4.87 Å². The third-order valence-electron chi connectivity index (χ3n) is 5.01. The molecule has 146 valence electrons. The highest BCUT2D eigenvalue weighted by molar-refractivity contribution is 8.01. The summed E-state index contributed by atoms with van der Waals surface area (Å²) in [5, 5.41) is 0.548. The average molecular weight is 421 g/mol. The molecule has 0 radical (unpaired) electrons. The number of rotatable bonds is 4. The number of anilines is 1. The fraction of sp³-hybridized carbons (Fsp3) is 0.300. The predicted molar refractivity (Wildman–Crippen MR) is 107 cm³/mol. The van der Waals surface area contributed by atoms with Crippen molar-refractivity contribution in [2.75, 3.05) is 30.9 Å². The number of ether oxygens (including phenoxy) is 1. The number of carbonyl (C=O) groups is 2. The molecule has 0 saturated carbocycles. The van der Waals surface area contributed by atoms with Crippen LogP contribution in [0.25, 0.3) is 0 Å². The monoisotopic (exact) mass is 420 g/mol. The Morgan fingerprint density at radius 2 is 2.11 bits per heavy atom. The van der Waals surface area contributed by atoms with E-state index < -0.39 is 10.7 Å². The number of hydrogen-bond acceptors (Lipinski definition) is 4. The van der Waals surface area contributed by atoms with Crippen LogP contribution < -0.4 is 4.90 Å². The van der Waals surface area contributed by atoms with Gasteiger partial charge in [-0.05, 0) is 29.8 Å². The Labute approximate surface area is 171 Å². The molecule has 2 heterocycles. The molecule has 2 aliphatic heterocycles. The van der Waals surface area contributed by atoms with Crippen LogP contribution in [0.4, 0.5) is 10.1 Å². The number of carbonyl (C=O) groups excluding carboxylic acids is 2. The molecule has 2 aromatic rings. The van der Waals surface area contributed by atoms with Crippen molar-refractivity contribution in [1.29, 1.82) is 0 Å². The molecule has 2 aromatic carbocycles. The van der Waals surface area contributed by atoms with E-state index >= 15 is 0 Å². The number of methoxy groups -OCH3 is 1. The Hall–Kier alpha value is -2.09. The molecule has 1 fully saturated rings. The Morgan fingerprint density at radius 3 is 2.86 bits per heavy atom. The van der Waals surface area contributed by atoms with Crippen LogP contribution in [-0.2, 0) is 25.7 Å². The van der Waals surface area contributed by atoms with Gasteiger partial charge in [0.05, 0.1) is 12.2 Å². The molecule has 2 amide bonds. The maximum atomic E-state index is 14.1. The van der Waals surface area contributed by atoms with Crippen molar-refractivity contribution in [3.05, 3.63) is 64.4 Å². The van der Waals surface area contributed by atoms with Crippen LogP contribution in [0.5, 0.6) is 0 Å². The third kappa shape index (κ3) is 2.89. The second-order valence-corrected chi connectivity index (χ2v) is 8.31. The number of fused-ring (bicyclic) bond motifs is 2. The number of amides is 2. The van der Waals surface area contributed by atoms with Gasteiger partial charge < -0.3 is 14.5 Å². The molecule has 0 N–H and O–H groups in total. The zero-order chi connectivity index (χ0) is 19.9. The summed E-state index contributed by atoms with van der Waals surface area (Å²) >= 11 is 7.64. The van der Waals surface area contributed by atoms with E-state index in [1.165, 1.54) is 35.9 Å². The van der Waals surface area contributed by atoms with Crippen molar-refractivity contribution in [1.82, 2.24) is 4.90 Å². The Morgan fingerprint density at radius 1 is 1.32 bits per heavy atom. The van der Waals surface area contributed by atoms with E-state index in [4.69, 9.17) is 16.3 Å². The SMILES string of the molecule is COCC(=O)N1CCS[C@@]12C(=O)N(Cc1ccccc1Cl)c1ccc(F)cc12. The maximum Gasteiger partial charge on any atom is 0.268 e. The van der Waals surface area contributed by atoms with Crippen LogP contribution in [0, 0.1) is 5.82 Å². The van der Waals surface area contributed by atoms with Gasteiger partial charge in [-0.15, -0.1) is 11.8 Å². The van der Waals surface area contributed by atoms with E-state index in [9.17, 15) is 14.0 Å². The Kier molecular flexibility index (Phi) is 5.07. The molecule has 8 heteroatoms. The molecular weight excluding hydrogens is 403 g/mol. The second kappa shape index (κ2) is 7.39. The highest BCUT2D eigenvalue weighted by atomic mass is 35.5. The van der Waals surface area contributed by atoms with Crippen LogP contribution in [0.15, 0.2) is 42.5 Å². The largest absolute Gasteiger partial charge is 0.375 e. The second-order valence-electron chi connectivity index (χ2n) is 6.62. The minimum Gasteiger partial charge on any atom is -0.375 e. The Bertz CT molecular complexity index is 957. The fourth-order valence-corrected chi connectivity index (χ4v) is 5.46. The summed E-state index contributed by atoms with van der Waals surface area (Å²) in [5.41, 5.74) is 1.87. The van der Waals surface area contributed by atoms with Crippen molar-refractivity contribution in [2.45, 2.75) is 11.4 Å². The van der Waals surface area contributed by atoms with Crippen molar-refractivity contribution >= 4 is 40.9 Å². The number of benzene rings is 2. The molecule has 28 heavy (non-hydrogen) atoms. The standard InChI is InChI=1S/C20H18ClFN2O3S/c1-27-12-18(25)24-8-9-28-20(24)15-10-14(22)6-7-17(15)23(19(20)26)11-13-4-2-3-5-16(13)21/h2-7,10H,8-9,11-12H2,1H3/t20-/m0/s1. The van der Waals surface area contributed by atoms with Gasteiger partial charge >= 0.3 is 0 Å². The number of hydrogen-bond donors (Lipinski definition) is 0. The van der Waals surface area contributed by atoms with E-state index in [0.29, 0.717) is 28.6 Å². The maximum absolute atomic E-state index is 14.1. The first-order chi connectivity index (χ1) is 13.5. The zero-order valence-electron chi connectivity index (χ0n) is 15.2. The smallest absolute Gasteiger partial charge is 0.268 e. The highest BCUT2D eigenvalue weighted by Gasteiger charge is 2.59. The molecule has 0 aliphatic carbocycles. The third-order valence-corrected chi connectivity index (χ3v) is 6.80. The topological polar surface area (TPSA) is 49.9 Å². The van der Waals surface area contributed by atoms with Crippen molar-refractivity contribution in [2.24, 2.45) is 0 Å². The quantitative estimate of drug-likeness (QED) is 0.760. The van der Waals surface area contributed by atoms with E-state index in [2.05, 4.69) is 0 Å². The van der Waals surface area contributed by atoms with Gasteiger partial charge in [0.2, 0.25) is 5.91 Å². The lowest BCUT2D eigenvalue weighted by molar-refractivity contribution is -0.143. The molecule has 0 bridgehead atoms. The van der Waals surface area contributed by atoms with Gasteiger partial charge in [-0.25, -0.2) is 4.39 Å². The summed E-state index contributed by atoms with van der Waals surface area (Å²) in [6.07, 6.45) is 0. The van der Waals surface area contributed by atoms with E-state index in [1.807, 2.05) is 18.2 Å². The van der Waals surface area contributed by atoms with Gasteiger partial charge in [0, 0.05) is 30.0 Å². The molecular formula is C20H18ClFN2O3S. The van der Waals surface area contributed by atoms with Crippen molar-refractivity contribution in [3.8, 4) is 0 Å². The molecule has 1 atom stereocenters. The van der Waals surface area contributed by atoms with Gasteiger partial charge in [-0.3, -0.25) is 9.59 Å². The van der Waals surface area contributed by atoms with Gasteiger partial charge in [0.25, 0.3) is 5.91 Å². The van der Waals surface area contributed by atoms with E-state index in [-0.39, 0.29) is 25.0 Å². The number of halogens is 2. The minimum absolute atomic E-state index is 0.134. The van der Waals surface area contributed by atoms with Crippen LogP contribution in [-0.4, -0.2) is 42.7 Å². The van der Waals surface area contributed by atoms with Crippen molar-refractivity contribution in [3.63, 3.8) is 0 Å². The molecule has 0 aromatic heterocycles. The summed E-state index contributed by atoms with van der Waals surface area (Å²) in [5.74, 6) is -0.426. The summed E-state index contributed by atoms with van der Waals surface area (Å²) in [7, 11) is 1.43. The van der Waals surface area contributed by atoms with Crippen LogP contribution >= 0.6 is 23.4 Å². The Balaban J connectivity index is 1.81. The van der Waals surface area contributed by atoms with Crippen LogP contribution in [0.3, 0.4) is 0 Å². The number of nitrogens with zero attached hydrogens (tertiary/aromatic N) is 2. The molecule has 4 rings (SSSR count). The van der Waals surface area contributed by atoms with Gasteiger partial charge in [-0.1, -0.05) is 29.8 Å². The van der Waals surface area contributed by atoms with Crippen LogP contribution in [0.2, 0.25) is 5.02 Å². The van der Waals surface area contributed by atoms with Gasteiger partial charge in [-0.2, -0.15) is 0 Å². The lowest BCUT2D eigenvalue weighted by atomic mass is 10.1. The fourth-order valence-electron chi connectivity index (χ4n) is 3.80. The molecule has 5 nitrogen and oxygen atoms in total. The predicted octanol–water partition coefficient (Wildman–Crippen LogP) is 3.40. The molecule has 1 saturated heterocycles. The summed E-state index contributed by atoms with van der Waals surface area (Å²) in [4.78, 5) is 28.1. The summed E-state index contributed by atoms with van der Waals surface area (Å²) in [6.45, 7) is 0.505. The first kappa shape index (κ1) is 19.2. The van der Waals surface area contributed by atoms with E-state index in [1.54, 1.807) is 17.0 Å². The molecule has 2 aliphatic rings. The van der Waals surface area contributed by atoms with Crippen molar-refractivity contribution < 1.29 is 18.7 Å². The normalized spacial score (nSPS) is 20.9. The first-order valence-electron chi connectivity index (χ1n) is 8.78. The van der Waals surface area contributed by atoms with E-state index in [0.717, 1.165) is 5.56 Å². The van der Waals surface area contributed by atoms with Crippen LogP contribution in [0.1, 0.15) is 11.1 Å². The lowest BCUT2D eigenvalue weighted by Crippen LogP contribution is -2.51. The highest BCUT2D eigenvalue weighted by Crippen LogP contribution is 2.54. The summed E-state index contributed by atoms with van der Waals surface area (Å²) < 4.78 is 19.1. The molecule has 0 unspecified atom stereocenters. The lowest BCUT2D eigenvalue weighted by Gasteiger charge is -2.33. The average Bonchev–Trinajstić information content (AvgIpc) is 3.21. The first-order valence-corrected chi connectivity index (χ1v) is 10.1. The number of thioether (sulfide) groups is 1. The molecule has 1 spiro atoms.